The van der Waals surface area contributed by atoms with Crippen LogP contribution in [-0.4, -0.2) is 22.6 Å². The van der Waals surface area contributed by atoms with Crippen LogP contribution in [0.5, 0.6) is 5.75 Å². The number of aliphatic imine (C=N–C) groups is 1. The number of aromatic nitrogens is 2. The van der Waals surface area contributed by atoms with Gasteiger partial charge in [0, 0.05) is 22.6 Å². The molecule has 4 nitrogen and oxygen atoms in total. The van der Waals surface area contributed by atoms with Gasteiger partial charge in [-0.1, -0.05) is 18.2 Å². The monoisotopic (exact) mass is 337 g/mol. The van der Waals surface area contributed by atoms with Gasteiger partial charge >= 0.3 is 0 Å². The van der Waals surface area contributed by atoms with E-state index in [9.17, 15) is 0 Å². The van der Waals surface area contributed by atoms with Crippen LogP contribution in [0.15, 0.2) is 46.8 Å². The lowest BCUT2D eigenvalue weighted by Gasteiger charge is -2.22. The second kappa shape index (κ2) is 5.91. The average Bonchev–Trinajstić information content (AvgIpc) is 3.22. The number of hydrogen-bond acceptors (Lipinski definition) is 4. The number of nitrogens with zero attached hydrogens (tertiary/aromatic N) is 3. The Morgan fingerprint density at radius 2 is 1.96 bits per heavy atom. The fourth-order valence-corrected chi connectivity index (χ4v) is 4.06. The average molecular weight is 337 g/mol. The highest BCUT2D eigenvalue weighted by atomic mass is 32.1. The van der Waals surface area contributed by atoms with Crippen molar-refractivity contribution in [3.63, 3.8) is 0 Å². The van der Waals surface area contributed by atoms with Gasteiger partial charge in [0.2, 0.25) is 0 Å². The van der Waals surface area contributed by atoms with Crippen molar-refractivity contribution in [1.82, 2.24) is 9.78 Å². The van der Waals surface area contributed by atoms with Crippen LogP contribution in [0.25, 0.3) is 11.1 Å². The highest BCUT2D eigenvalue weighted by Gasteiger charge is 2.28. The number of thiophene rings is 1. The van der Waals surface area contributed by atoms with Crippen molar-refractivity contribution in [2.45, 2.75) is 26.3 Å². The predicted octanol–water partition coefficient (Wildman–Crippen LogP) is 5.01. The van der Waals surface area contributed by atoms with Crippen molar-refractivity contribution < 1.29 is 4.74 Å². The van der Waals surface area contributed by atoms with Crippen LogP contribution in [0.3, 0.4) is 0 Å². The van der Waals surface area contributed by atoms with Crippen molar-refractivity contribution in [3.8, 4) is 16.9 Å². The summed E-state index contributed by atoms with van der Waals surface area (Å²) in [6.07, 6.45) is 0.913. The molecule has 0 amide bonds. The first-order chi connectivity index (χ1) is 11.7. The van der Waals surface area contributed by atoms with E-state index in [-0.39, 0.29) is 6.04 Å². The first kappa shape index (κ1) is 15.1. The van der Waals surface area contributed by atoms with E-state index < -0.39 is 0 Å². The van der Waals surface area contributed by atoms with Crippen molar-refractivity contribution in [3.05, 3.63) is 52.3 Å². The zero-order valence-corrected chi connectivity index (χ0v) is 14.8. The number of ether oxygens (including phenoxy) is 1. The van der Waals surface area contributed by atoms with Crippen molar-refractivity contribution in [1.29, 1.82) is 0 Å². The Balaban J connectivity index is 1.86. The summed E-state index contributed by atoms with van der Waals surface area (Å²) in [7, 11) is 1.68. The second-order valence-corrected chi connectivity index (χ2v) is 7.02. The second-order valence-electron chi connectivity index (χ2n) is 6.04. The van der Waals surface area contributed by atoms with Crippen molar-refractivity contribution in [2.75, 3.05) is 7.11 Å². The van der Waals surface area contributed by atoms with Gasteiger partial charge in [-0.15, -0.1) is 11.3 Å². The summed E-state index contributed by atoms with van der Waals surface area (Å²) in [6, 6.07) is 12.6. The van der Waals surface area contributed by atoms with Crippen molar-refractivity contribution in [2.24, 2.45) is 4.99 Å². The highest BCUT2D eigenvalue weighted by Crippen LogP contribution is 2.41. The molecule has 0 fully saturated rings. The Morgan fingerprint density at radius 3 is 2.62 bits per heavy atom. The molecule has 0 radical (unpaired) electrons. The Hall–Kier alpha value is -2.40. The van der Waals surface area contributed by atoms with E-state index in [2.05, 4.69) is 48.2 Å². The Morgan fingerprint density at radius 1 is 1.17 bits per heavy atom. The molecule has 5 heteroatoms. The molecule has 24 heavy (non-hydrogen) atoms. The maximum Gasteiger partial charge on any atom is 0.159 e. The van der Waals surface area contributed by atoms with E-state index in [1.54, 1.807) is 18.4 Å². The molecular weight excluding hydrogens is 318 g/mol. The largest absolute Gasteiger partial charge is 0.497 e. The summed E-state index contributed by atoms with van der Waals surface area (Å²) in [4.78, 5) is 6.16. The third kappa shape index (κ3) is 2.45. The summed E-state index contributed by atoms with van der Waals surface area (Å²) < 4.78 is 7.36. The van der Waals surface area contributed by atoms with Crippen LogP contribution >= 0.6 is 11.3 Å². The maximum absolute atomic E-state index is 5.27. The normalized spacial score (nSPS) is 16.6. The van der Waals surface area contributed by atoms with E-state index in [1.807, 2.05) is 12.1 Å². The molecule has 1 aliphatic rings. The first-order valence-electron chi connectivity index (χ1n) is 7.98. The van der Waals surface area contributed by atoms with Crippen LogP contribution in [0, 0.1) is 6.92 Å². The number of hydrogen-bond donors (Lipinski definition) is 0. The number of fused-ring (bicyclic) bond motifs is 1. The summed E-state index contributed by atoms with van der Waals surface area (Å²) in [6.45, 7) is 4.16. The first-order valence-corrected chi connectivity index (χ1v) is 8.86. The van der Waals surface area contributed by atoms with Crippen LogP contribution in [0.2, 0.25) is 0 Å². The SMILES string of the molecule is COc1ccc(-c2c(C)nn3c2N=C(C)C[C@@H]3c2cccs2)cc1. The van der Waals surface area contributed by atoms with Gasteiger partial charge in [-0.25, -0.2) is 9.67 Å². The van der Waals surface area contributed by atoms with Gasteiger partial charge in [0.05, 0.1) is 18.8 Å². The topological polar surface area (TPSA) is 39.4 Å². The molecule has 0 saturated heterocycles. The summed E-state index contributed by atoms with van der Waals surface area (Å²) >= 11 is 1.78. The molecule has 0 aliphatic carbocycles. The van der Waals surface area contributed by atoms with E-state index in [0.717, 1.165) is 40.5 Å². The number of methoxy groups -OCH3 is 1. The fraction of sp³-hybridized carbons (Fsp3) is 0.263. The smallest absolute Gasteiger partial charge is 0.159 e. The maximum atomic E-state index is 5.27. The highest BCUT2D eigenvalue weighted by molar-refractivity contribution is 7.10. The standard InChI is InChI=1S/C19H19N3OS/c1-12-11-16(17-5-4-10-24-17)22-19(20-12)18(13(2)21-22)14-6-8-15(23-3)9-7-14/h4-10,16H,11H2,1-3H3/t16-/m1/s1. The molecule has 0 spiro atoms. The van der Waals surface area contributed by atoms with E-state index in [0.29, 0.717) is 0 Å². The molecule has 1 atom stereocenters. The molecule has 0 saturated carbocycles. The van der Waals surface area contributed by atoms with Gasteiger partial charge in [-0.2, -0.15) is 5.10 Å². The minimum Gasteiger partial charge on any atom is -0.497 e. The van der Waals surface area contributed by atoms with Crippen LogP contribution in [-0.2, 0) is 0 Å². The minimum atomic E-state index is 0.239. The van der Waals surface area contributed by atoms with Gasteiger partial charge in [-0.3, -0.25) is 0 Å². The Kier molecular flexibility index (Phi) is 3.73. The summed E-state index contributed by atoms with van der Waals surface area (Å²) in [5.41, 5.74) is 4.39. The van der Waals surface area contributed by atoms with E-state index in [1.165, 1.54) is 4.88 Å². The molecule has 4 rings (SSSR count). The molecule has 122 valence electrons. The van der Waals surface area contributed by atoms with Gasteiger partial charge in [0.1, 0.15) is 5.75 Å². The van der Waals surface area contributed by atoms with Gasteiger partial charge in [-0.05, 0) is 43.0 Å². The molecular formula is C19H19N3OS. The molecule has 0 bridgehead atoms. The fourth-order valence-electron chi connectivity index (χ4n) is 3.25. The lowest BCUT2D eigenvalue weighted by atomic mass is 10.0. The number of benzene rings is 1. The summed E-state index contributed by atoms with van der Waals surface area (Å²) in [5, 5.41) is 6.95. The van der Waals surface area contributed by atoms with Crippen LogP contribution < -0.4 is 4.74 Å². The van der Waals surface area contributed by atoms with E-state index >= 15 is 0 Å². The van der Waals surface area contributed by atoms with Crippen LogP contribution in [0.4, 0.5) is 5.82 Å². The molecule has 1 aromatic carbocycles. The number of rotatable bonds is 3. The lowest BCUT2D eigenvalue weighted by molar-refractivity contribution is 0.415. The molecule has 3 heterocycles. The molecule has 0 unspecified atom stereocenters. The zero-order valence-electron chi connectivity index (χ0n) is 14.0. The quantitative estimate of drug-likeness (QED) is 0.673. The van der Waals surface area contributed by atoms with E-state index in [4.69, 9.17) is 14.8 Å². The zero-order chi connectivity index (χ0) is 16.7. The summed E-state index contributed by atoms with van der Waals surface area (Å²) in [5.74, 6) is 1.81. The third-order valence-electron chi connectivity index (χ3n) is 4.39. The Bertz CT molecular complexity index is 892. The minimum absolute atomic E-state index is 0.239. The van der Waals surface area contributed by atoms with Gasteiger partial charge in [0.25, 0.3) is 0 Å². The van der Waals surface area contributed by atoms with Crippen LogP contribution in [0.1, 0.15) is 30.0 Å². The Labute approximate surface area is 145 Å². The third-order valence-corrected chi connectivity index (χ3v) is 5.36. The number of aryl methyl sites for hydroxylation is 1. The molecule has 1 aliphatic heterocycles. The predicted molar refractivity (Wildman–Crippen MR) is 98.8 cm³/mol. The lowest BCUT2D eigenvalue weighted by Crippen LogP contribution is -2.18. The molecule has 0 N–H and O–H groups in total. The molecule has 3 aromatic rings. The van der Waals surface area contributed by atoms with Gasteiger partial charge in [0.15, 0.2) is 5.82 Å². The van der Waals surface area contributed by atoms with Gasteiger partial charge < -0.3 is 4.74 Å². The van der Waals surface area contributed by atoms with Crippen molar-refractivity contribution >= 4 is 22.9 Å². The molecule has 2 aromatic heterocycles.